The van der Waals surface area contributed by atoms with E-state index in [9.17, 15) is 19.8 Å². The van der Waals surface area contributed by atoms with E-state index in [4.69, 9.17) is 16.3 Å². The number of carboxylic acid groups (broad SMARTS) is 1. The molecule has 1 aliphatic rings. The second-order valence-electron chi connectivity index (χ2n) is 10.1. The van der Waals surface area contributed by atoms with Crippen LogP contribution in [0.25, 0.3) is 5.57 Å². The predicted molar refractivity (Wildman–Crippen MR) is 142 cm³/mol. The van der Waals surface area contributed by atoms with Crippen LogP contribution >= 0.6 is 11.6 Å². The molecule has 36 heavy (non-hydrogen) atoms. The number of rotatable bonds is 9. The molecule has 3 rings (SSSR count). The van der Waals surface area contributed by atoms with Crippen LogP contribution in [0, 0.1) is 5.41 Å². The van der Waals surface area contributed by atoms with Gasteiger partial charge in [0.25, 0.3) is 0 Å². The number of halogens is 1. The van der Waals surface area contributed by atoms with E-state index in [-0.39, 0.29) is 13.1 Å². The van der Waals surface area contributed by atoms with Gasteiger partial charge in [-0.15, -0.1) is 0 Å². The second-order valence-corrected chi connectivity index (χ2v) is 10.6. The quantitative estimate of drug-likeness (QED) is 0.401. The molecule has 1 unspecified atom stereocenters. The zero-order chi connectivity index (χ0) is 26.3. The summed E-state index contributed by atoms with van der Waals surface area (Å²) in [6.45, 7) is 5.58. The van der Waals surface area contributed by atoms with Gasteiger partial charge in [0, 0.05) is 11.6 Å². The molecule has 2 aromatic rings. The third-order valence-corrected chi connectivity index (χ3v) is 6.37. The summed E-state index contributed by atoms with van der Waals surface area (Å²) in [6, 6.07) is 16.7. The van der Waals surface area contributed by atoms with Crippen LogP contribution < -0.4 is 0 Å². The number of aliphatic hydroxyl groups excluding tert-OH is 1. The van der Waals surface area contributed by atoms with Crippen molar-refractivity contribution in [3.63, 3.8) is 0 Å². The minimum atomic E-state index is -1.05. The van der Waals surface area contributed by atoms with Crippen LogP contribution in [0.5, 0.6) is 0 Å². The van der Waals surface area contributed by atoms with Crippen LogP contribution in [0.3, 0.4) is 0 Å². The average Bonchev–Trinajstić information content (AvgIpc) is 2.83. The number of benzene rings is 2. The number of carbonyl (C=O) groups is 2. The molecule has 0 fully saturated rings. The van der Waals surface area contributed by atoms with Crippen molar-refractivity contribution in [2.45, 2.75) is 51.7 Å². The fourth-order valence-corrected chi connectivity index (χ4v) is 4.37. The fraction of sp³-hybridized carbons (Fsp3) is 0.379. The lowest BCUT2D eigenvalue weighted by atomic mass is 9.75. The number of ether oxygens (including phenoxy) is 1. The van der Waals surface area contributed by atoms with Gasteiger partial charge in [0.15, 0.2) is 0 Å². The summed E-state index contributed by atoms with van der Waals surface area (Å²) in [5.74, 6) is -0.898. The Labute approximate surface area is 217 Å². The minimum absolute atomic E-state index is 0.00320. The first-order valence-corrected chi connectivity index (χ1v) is 12.5. The molecule has 0 heterocycles. The molecular weight excluding hydrogens is 478 g/mol. The number of nitrogens with zero attached hydrogens (tertiary/aromatic N) is 1. The first kappa shape index (κ1) is 27.5. The van der Waals surface area contributed by atoms with Crippen LogP contribution in [-0.2, 0) is 9.53 Å². The third-order valence-electron chi connectivity index (χ3n) is 6.13. The molecular formula is C29H34ClNO5. The highest BCUT2D eigenvalue weighted by atomic mass is 35.5. The van der Waals surface area contributed by atoms with Gasteiger partial charge < -0.3 is 19.8 Å². The molecule has 0 saturated heterocycles. The molecule has 2 N–H and O–H groups in total. The maximum absolute atomic E-state index is 12.9. The highest BCUT2D eigenvalue weighted by molar-refractivity contribution is 6.30. The Kier molecular flexibility index (Phi) is 8.98. The molecule has 2 atom stereocenters. The lowest BCUT2D eigenvalue weighted by molar-refractivity contribution is -0.146. The average molecular weight is 512 g/mol. The Balaban J connectivity index is 1.70. The van der Waals surface area contributed by atoms with Gasteiger partial charge in [-0.2, -0.15) is 0 Å². The summed E-state index contributed by atoms with van der Waals surface area (Å²) >= 11 is 6.06. The SMILES string of the molecule is CC(C)(C)OC(=O)N(CCCC1(C(=O)O)C=CC(c2ccccc2)=CC1)C[C@H](O)c1cccc(Cl)c1. The van der Waals surface area contributed by atoms with Crippen LogP contribution in [0.15, 0.2) is 72.8 Å². The van der Waals surface area contributed by atoms with Crippen molar-refractivity contribution in [2.24, 2.45) is 5.41 Å². The summed E-state index contributed by atoms with van der Waals surface area (Å²) in [6.07, 6.45) is 5.18. The van der Waals surface area contributed by atoms with Gasteiger partial charge in [0.1, 0.15) is 5.60 Å². The highest BCUT2D eigenvalue weighted by Gasteiger charge is 2.36. The van der Waals surface area contributed by atoms with E-state index in [0.717, 1.165) is 11.1 Å². The zero-order valence-corrected chi connectivity index (χ0v) is 21.7. The lowest BCUT2D eigenvalue weighted by Crippen LogP contribution is -2.40. The maximum Gasteiger partial charge on any atom is 0.410 e. The van der Waals surface area contributed by atoms with Gasteiger partial charge in [0.05, 0.1) is 18.1 Å². The molecule has 0 aromatic heterocycles. The van der Waals surface area contributed by atoms with Crippen molar-refractivity contribution >= 4 is 29.2 Å². The number of amides is 1. The molecule has 1 amide bonds. The monoisotopic (exact) mass is 511 g/mol. The van der Waals surface area contributed by atoms with Crippen LogP contribution in [0.4, 0.5) is 4.79 Å². The Hall–Kier alpha value is -3.09. The van der Waals surface area contributed by atoms with Gasteiger partial charge in [-0.3, -0.25) is 4.79 Å². The Morgan fingerprint density at radius 3 is 2.44 bits per heavy atom. The number of aliphatic carboxylic acids is 1. The fourth-order valence-electron chi connectivity index (χ4n) is 4.17. The van der Waals surface area contributed by atoms with Crippen molar-refractivity contribution in [1.29, 1.82) is 0 Å². The summed E-state index contributed by atoms with van der Waals surface area (Å²) in [5.41, 5.74) is 0.866. The number of hydrogen-bond donors (Lipinski definition) is 2. The summed E-state index contributed by atoms with van der Waals surface area (Å²) in [5, 5.41) is 21.3. The van der Waals surface area contributed by atoms with Crippen molar-refractivity contribution in [2.75, 3.05) is 13.1 Å². The zero-order valence-electron chi connectivity index (χ0n) is 21.0. The number of hydrogen-bond acceptors (Lipinski definition) is 4. The molecule has 192 valence electrons. The van der Waals surface area contributed by atoms with Crippen molar-refractivity contribution in [1.82, 2.24) is 4.90 Å². The van der Waals surface area contributed by atoms with Crippen molar-refractivity contribution in [3.05, 3.63) is 89.0 Å². The van der Waals surface area contributed by atoms with E-state index < -0.39 is 29.2 Å². The molecule has 1 aliphatic carbocycles. The highest BCUT2D eigenvalue weighted by Crippen LogP contribution is 2.37. The number of aliphatic hydroxyl groups is 1. The summed E-state index contributed by atoms with van der Waals surface area (Å²) in [4.78, 5) is 26.6. The summed E-state index contributed by atoms with van der Waals surface area (Å²) < 4.78 is 5.55. The van der Waals surface area contributed by atoms with Crippen LogP contribution in [0.1, 0.15) is 57.3 Å². The largest absolute Gasteiger partial charge is 0.481 e. The minimum Gasteiger partial charge on any atom is -0.481 e. The molecule has 0 bridgehead atoms. The molecule has 0 aliphatic heterocycles. The standard InChI is InChI=1S/C29H34ClNO5/c1-28(2,3)36-27(35)31(20-25(32)23-11-7-12-24(30)19-23)18-8-15-29(26(33)34)16-13-22(14-17-29)21-9-5-4-6-10-21/h4-7,9-14,16,19,25,32H,8,15,17-18,20H2,1-3H3,(H,33,34)/t25-,29?/m0/s1. The predicted octanol–water partition coefficient (Wildman–Crippen LogP) is 6.51. The molecule has 7 heteroatoms. The number of carboxylic acids is 1. The number of allylic oxidation sites excluding steroid dienone is 3. The second kappa shape index (κ2) is 11.8. The third kappa shape index (κ3) is 7.45. The maximum atomic E-state index is 12.9. The Morgan fingerprint density at radius 2 is 1.86 bits per heavy atom. The smallest absolute Gasteiger partial charge is 0.410 e. The Morgan fingerprint density at radius 1 is 1.14 bits per heavy atom. The molecule has 0 radical (unpaired) electrons. The van der Waals surface area contributed by atoms with Gasteiger partial charge >= 0.3 is 12.1 Å². The van der Waals surface area contributed by atoms with Gasteiger partial charge in [-0.25, -0.2) is 4.79 Å². The molecule has 2 aromatic carbocycles. The van der Waals surface area contributed by atoms with Gasteiger partial charge in [-0.05, 0) is 68.9 Å². The van der Waals surface area contributed by atoms with E-state index in [0.29, 0.717) is 29.8 Å². The first-order chi connectivity index (χ1) is 17.0. The first-order valence-electron chi connectivity index (χ1n) is 12.1. The molecule has 6 nitrogen and oxygen atoms in total. The van der Waals surface area contributed by atoms with E-state index in [1.54, 1.807) is 51.1 Å². The van der Waals surface area contributed by atoms with Crippen molar-refractivity contribution < 1.29 is 24.5 Å². The van der Waals surface area contributed by atoms with E-state index >= 15 is 0 Å². The topological polar surface area (TPSA) is 87.1 Å². The van der Waals surface area contributed by atoms with Gasteiger partial charge in [0.2, 0.25) is 0 Å². The van der Waals surface area contributed by atoms with E-state index in [2.05, 4.69) is 0 Å². The number of carbonyl (C=O) groups excluding carboxylic acids is 1. The Bertz CT molecular complexity index is 1120. The van der Waals surface area contributed by atoms with E-state index in [1.165, 1.54) is 4.90 Å². The molecule has 0 spiro atoms. The van der Waals surface area contributed by atoms with Crippen molar-refractivity contribution in [3.8, 4) is 0 Å². The van der Waals surface area contributed by atoms with Crippen LogP contribution in [0.2, 0.25) is 5.02 Å². The van der Waals surface area contributed by atoms with Crippen LogP contribution in [-0.4, -0.2) is 45.9 Å². The van der Waals surface area contributed by atoms with Gasteiger partial charge in [-0.1, -0.05) is 72.3 Å². The summed E-state index contributed by atoms with van der Waals surface area (Å²) in [7, 11) is 0. The van der Waals surface area contributed by atoms with E-state index in [1.807, 2.05) is 42.5 Å². The molecule has 0 saturated carbocycles. The normalized spacial score (nSPS) is 18.3. The lowest BCUT2D eigenvalue weighted by Gasteiger charge is -2.31.